The predicted molar refractivity (Wildman–Crippen MR) is 83.1 cm³/mol. The lowest BCUT2D eigenvalue weighted by atomic mass is 10.2. The van der Waals surface area contributed by atoms with E-state index in [0.717, 1.165) is 10.0 Å². The molecule has 0 atom stereocenters. The molecule has 1 aromatic rings. The Kier molecular flexibility index (Phi) is 5.86. The zero-order valence-electron chi connectivity index (χ0n) is 11.6. The largest absolute Gasteiger partial charge is 0.243 e. The fraction of sp³-hybridized carbons (Fsp3) is 0.538. The van der Waals surface area contributed by atoms with Crippen LogP contribution in [-0.4, -0.2) is 25.3 Å². The summed E-state index contributed by atoms with van der Waals surface area (Å²) in [6, 6.07) is 3.44. The molecule has 0 aromatic heterocycles. The fourth-order valence-electron chi connectivity index (χ4n) is 1.99. The number of rotatable bonds is 5. The van der Waals surface area contributed by atoms with Gasteiger partial charge in [-0.2, -0.15) is 4.31 Å². The molecule has 0 aliphatic rings. The SMILES string of the molecule is CCN(C(C)C)S(=O)(=O)c1cc(CCl)cc(Br)c1C. The van der Waals surface area contributed by atoms with Crippen molar-refractivity contribution in [1.29, 1.82) is 0 Å². The fourth-order valence-corrected chi connectivity index (χ4v) is 4.73. The first kappa shape index (κ1) is 17.0. The summed E-state index contributed by atoms with van der Waals surface area (Å²) in [5.41, 5.74) is 1.51. The molecule has 0 saturated heterocycles. The van der Waals surface area contributed by atoms with Crippen LogP contribution in [0.4, 0.5) is 0 Å². The maximum atomic E-state index is 12.7. The highest BCUT2D eigenvalue weighted by atomic mass is 79.9. The van der Waals surface area contributed by atoms with E-state index in [2.05, 4.69) is 15.9 Å². The molecule has 0 bridgehead atoms. The maximum absolute atomic E-state index is 12.7. The van der Waals surface area contributed by atoms with Crippen LogP contribution in [0.15, 0.2) is 21.5 Å². The Labute approximate surface area is 129 Å². The number of alkyl halides is 1. The van der Waals surface area contributed by atoms with Gasteiger partial charge in [0.15, 0.2) is 0 Å². The van der Waals surface area contributed by atoms with Gasteiger partial charge in [-0.1, -0.05) is 22.9 Å². The number of benzene rings is 1. The Hall–Kier alpha value is -0.100. The lowest BCUT2D eigenvalue weighted by Crippen LogP contribution is -2.37. The van der Waals surface area contributed by atoms with Crippen LogP contribution in [-0.2, 0) is 15.9 Å². The van der Waals surface area contributed by atoms with E-state index in [4.69, 9.17) is 11.6 Å². The molecule has 0 fully saturated rings. The zero-order valence-corrected chi connectivity index (χ0v) is 14.7. The van der Waals surface area contributed by atoms with Gasteiger partial charge in [-0.15, -0.1) is 11.6 Å². The van der Waals surface area contributed by atoms with Gasteiger partial charge in [0.1, 0.15) is 0 Å². The zero-order chi connectivity index (χ0) is 14.8. The van der Waals surface area contributed by atoms with Crippen molar-refractivity contribution in [2.24, 2.45) is 0 Å². The first-order valence-corrected chi connectivity index (χ1v) is 8.89. The standard InChI is InChI=1S/C13H19BrClNO2S/c1-5-16(9(2)3)19(17,18)13-7-11(8-15)6-12(14)10(13)4/h6-7,9H,5,8H2,1-4H3. The molecule has 1 rings (SSSR count). The van der Waals surface area contributed by atoms with E-state index in [0.29, 0.717) is 17.0 Å². The Balaban J connectivity index is 3.47. The van der Waals surface area contributed by atoms with E-state index in [1.165, 1.54) is 4.31 Å². The molecule has 108 valence electrons. The van der Waals surface area contributed by atoms with Gasteiger partial charge in [0.2, 0.25) is 10.0 Å². The van der Waals surface area contributed by atoms with Crippen LogP contribution < -0.4 is 0 Å². The molecule has 0 amide bonds. The molecule has 0 radical (unpaired) electrons. The third-order valence-corrected chi connectivity index (χ3v) is 6.39. The summed E-state index contributed by atoms with van der Waals surface area (Å²) in [6.07, 6.45) is 0. The van der Waals surface area contributed by atoms with Crippen molar-refractivity contribution >= 4 is 37.6 Å². The number of sulfonamides is 1. The first-order chi connectivity index (χ1) is 8.75. The van der Waals surface area contributed by atoms with Crippen LogP contribution in [0, 0.1) is 6.92 Å². The third kappa shape index (κ3) is 3.51. The molecular weight excluding hydrogens is 350 g/mol. The predicted octanol–water partition coefficient (Wildman–Crippen LogP) is 3.92. The van der Waals surface area contributed by atoms with Gasteiger partial charge in [0.05, 0.1) is 4.90 Å². The van der Waals surface area contributed by atoms with Crippen LogP contribution in [0.3, 0.4) is 0 Å². The minimum atomic E-state index is -3.49. The maximum Gasteiger partial charge on any atom is 0.243 e. The second-order valence-electron chi connectivity index (χ2n) is 4.64. The minimum absolute atomic E-state index is 0.0761. The molecule has 0 saturated carbocycles. The monoisotopic (exact) mass is 367 g/mol. The highest BCUT2D eigenvalue weighted by Gasteiger charge is 2.28. The Morgan fingerprint density at radius 2 is 1.95 bits per heavy atom. The van der Waals surface area contributed by atoms with E-state index in [9.17, 15) is 8.42 Å². The van der Waals surface area contributed by atoms with Crippen LogP contribution in [0.1, 0.15) is 31.9 Å². The molecule has 19 heavy (non-hydrogen) atoms. The van der Waals surface area contributed by atoms with Gasteiger partial charge < -0.3 is 0 Å². The Bertz CT molecular complexity index is 558. The highest BCUT2D eigenvalue weighted by molar-refractivity contribution is 9.10. The lowest BCUT2D eigenvalue weighted by Gasteiger charge is -2.25. The molecule has 3 nitrogen and oxygen atoms in total. The Morgan fingerprint density at radius 3 is 2.37 bits per heavy atom. The van der Waals surface area contributed by atoms with Crippen molar-refractivity contribution in [2.45, 2.75) is 44.5 Å². The molecule has 1 aromatic carbocycles. The third-order valence-electron chi connectivity index (χ3n) is 2.99. The number of hydrogen-bond acceptors (Lipinski definition) is 2. The van der Waals surface area contributed by atoms with Crippen molar-refractivity contribution in [2.75, 3.05) is 6.54 Å². The summed E-state index contributed by atoms with van der Waals surface area (Å²) in [4.78, 5) is 0.327. The molecule has 0 unspecified atom stereocenters. The van der Waals surface area contributed by atoms with Crippen molar-refractivity contribution in [3.63, 3.8) is 0 Å². The number of hydrogen-bond donors (Lipinski definition) is 0. The topological polar surface area (TPSA) is 37.4 Å². The molecule has 0 aliphatic heterocycles. The van der Waals surface area contributed by atoms with Crippen LogP contribution in [0.25, 0.3) is 0 Å². The molecule has 0 N–H and O–H groups in total. The summed E-state index contributed by atoms with van der Waals surface area (Å²) >= 11 is 9.22. The summed E-state index contributed by atoms with van der Waals surface area (Å²) in [7, 11) is -3.49. The van der Waals surface area contributed by atoms with Gasteiger partial charge in [-0.3, -0.25) is 0 Å². The van der Waals surface area contributed by atoms with Crippen molar-refractivity contribution in [1.82, 2.24) is 4.31 Å². The molecule has 0 aliphatic carbocycles. The molecular formula is C13H19BrClNO2S. The average Bonchev–Trinajstić information content (AvgIpc) is 2.32. The molecule has 0 heterocycles. The van der Waals surface area contributed by atoms with Gasteiger partial charge in [0, 0.05) is 22.9 Å². The molecule has 0 spiro atoms. The Morgan fingerprint density at radius 1 is 1.37 bits per heavy atom. The van der Waals surface area contributed by atoms with E-state index in [1.807, 2.05) is 26.8 Å². The number of nitrogens with zero attached hydrogens (tertiary/aromatic N) is 1. The number of halogens is 2. The highest BCUT2D eigenvalue weighted by Crippen LogP contribution is 2.29. The first-order valence-electron chi connectivity index (χ1n) is 6.12. The van der Waals surface area contributed by atoms with Gasteiger partial charge in [0.25, 0.3) is 0 Å². The summed E-state index contributed by atoms with van der Waals surface area (Å²) in [5, 5.41) is 0. The second kappa shape index (κ2) is 6.57. The lowest BCUT2D eigenvalue weighted by molar-refractivity contribution is 0.369. The van der Waals surface area contributed by atoms with Crippen molar-refractivity contribution < 1.29 is 8.42 Å². The summed E-state index contributed by atoms with van der Waals surface area (Å²) in [5.74, 6) is 0.287. The summed E-state index contributed by atoms with van der Waals surface area (Å²) in [6.45, 7) is 7.83. The van der Waals surface area contributed by atoms with Gasteiger partial charge in [-0.05, 0) is 44.0 Å². The van der Waals surface area contributed by atoms with E-state index in [1.54, 1.807) is 13.0 Å². The van der Waals surface area contributed by atoms with E-state index in [-0.39, 0.29) is 11.9 Å². The smallest absolute Gasteiger partial charge is 0.207 e. The minimum Gasteiger partial charge on any atom is -0.207 e. The second-order valence-corrected chi connectivity index (χ2v) is 7.62. The summed E-state index contributed by atoms with van der Waals surface area (Å²) < 4.78 is 27.7. The quantitative estimate of drug-likeness (QED) is 0.739. The van der Waals surface area contributed by atoms with Crippen molar-refractivity contribution in [3.05, 3.63) is 27.7 Å². The van der Waals surface area contributed by atoms with E-state index >= 15 is 0 Å². The van der Waals surface area contributed by atoms with Gasteiger partial charge >= 0.3 is 0 Å². The van der Waals surface area contributed by atoms with Crippen LogP contribution in [0.5, 0.6) is 0 Å². The average molecular weight is 369 g/mol. The van der Waals surface area contributed by atoms with Gasteiger partial charge in [-0.25, -0.2) is 8.42 Å². The van der Waals surface area contributed by atoms with Crippen LogP contribution >= 0.6 is 27.5 Å². The van der Waals surface area contributed by atoms with Crippen molar-refractivity contribution in [3.8, 4) is 0 Å². The normalized spacial score (nSPS) is 12.4. The molecule has 6 heteroatoms. The van der Waals surface area contributed by atoms with E-state index < -0.39 is 10.0 Å². The van der Waals surface area contributed by atoms with Crippen LogP contribution in [0.2, 0.25) is 0 Å².